The van der Waals surface area contributed by atoms with E-state index in [0.29, 0.717) is 5.56 Å². The fourth-order valence-electron chi connectivity index (χ4n) is 2.46. The minimum Gasteiger partial charge on any atom is -0.496 e. The van der Waals surface area contributed by atoms with Gasteiger partial charge in [0.25, 0.3) is 0 Å². The Bertz CT molecular complexity index is 935. The molecule has 0 aliphatic carbocycles. The number of primary sulfonamides is 1. The van der Waals surface area contributed by atoms with Crippen LogP contribution in [0.4, 0.5) is 0 Å². The number of rotatable bonds is 8. The van der Waals surface area contributed by atoms with Gasteiger partial charge >= 0.3 is 5.97 Å². The van der Waals surface area contributed by atoms with Gasteiger partial charge in [-0.2, -0.15) is 0 Å². The Labute approximate surface area is 158 Å². The zero-order valence-corrected chi connectivity index (χ0v) is 15.9. The Balaban J connectivity index is 2.11. The van der Waals surface area contributed by atoms with Gasteiger partial charge in [0.1, 0.15) is 11.3 Å². The molecule has 0 aliphatic rings. The maximum Gasteiger partial charge on any atom is 0.342 e. The third-order valence-electron chi connectivity index (χ3n) is 3.87. The van der Waals surface area contributed by atoms with E-state index in [1.165, 1.54) is 19.2 Å². The van der Waals surface area contributed by atoms with E-state index < -0.39 is 22.6 Å². The molecule has 8 heteroatoms. The number of sulfonamides is 1. The van der Waals surface area contributed by atoms with Crippen molar-refractivity contribution in [2.45, 2.75) is 24.7 Å². The molecule has 2 N–H and O–H groups in total. The number of carbonyl (C=O) groups is 2. The quantitative estimate of drug-likeness (QED) is 0.546. The van der Waals surface area contributed by atoms with Crippen molar-refractivity contribution in [1.29, 1.82) is 0 Å². The Hall–Kier alpha value is -2.71. The highest BCUT2D eigenvalue weighted by Gasteiger charge is 2.19. The lowest BCUT2D eigenvalue weighted by atomic mass is 10.1. The van der Waals surface area contributed by atoms with Crippen molar-refractivity contribution in [1.82, 2.24) is 0 Å². The highest BCUT2D eigenvalue weighted by Crippen LogP contribution is 2.23. The lowest BCUT2D eigenvalue weighted by Gasteiger charge is -2.10. The van der Waals surface area contributed by atoms with Crippen LogP contribution < -0.4 is 9.88 Å². The first-order chi connectivity index (χ1) is 12.8. The second kappa shape index (κ2) is 8.79. The van der Waals surface area contributed by atoms with Gasteiger partial charge < -0.3 is 9.47 Å². The summed E-state index contributed by atoms with van der Waals surface area (Å²) < 4.78 is 33.0. The van der Waals surface area contributed by atoms with Crippen molar-refractivity contribution in [3.8, 4) is 5.75 Å². The topological polar surface area (TPSA) is 113 Å². The molecule has 7 nitrogen and oxygen atoms in total. The first kappa shape index (κ1) is 20.6. The summed E-state index contributed by atoms with van der Waals surface area (Å²) in [4.78, 5) is 24.2. The van der Waals surface area contributed by atoms with Gasteiger partial charge in [0.2, 0.25) is 10.0 Å². The Kier molecular flexibility index (Phi) is 6.70. The third-order valence-corrected chi connectivity index (χ3v) is 4.78. The van der Waals surface area contributed by atoms with E-state index in [4.69, 9.17) is 14.6 Å². The average Bonchev–Trinajstić information content (AvgIpc) is 2.65. The van der Waals surface area contributed by atoms with Gasteiger partial charge in [-0.3, -0.25) is 4.79 Å². The predicted octanol–water partition coefficient (Wildman–Crippen LogP) is 2.33. The second-order valence-electron chi connectivity index (χ2n) is 5.85. The van der Waals surface area contributed by atoms with E-state index in [1.54, 1.807) is 12.1 Å². The minimum atomic E-state index is -4.00. The molecule has 0 atom stereocenters. The number of methoxy groups -OCH3 is 1. The molecule has 0 saturated carbocycles. The monoisotopic (exact) mass is 391 g/mol. The van der Waals surface area contributed by atoms with Gasteiger partial charge in [-0.05, 0) is 30.2 Å². The molecule has 0 aliphatic heterocycles. The smallest absolute Gasteiger partial charge is 0.342 e. The number of ketones is 1. The van der Waals surface area contributed by atoms with Gasteiger partial charge in [0.15, 0.2) is 12.4 Å². The van der Waals surface area contributed by atoms with Gasteiger partial charge in [-0.25, -0.2) is 18.4 Å². The highest BCUT2D eigenvalue weighted by molar-refractivity contribution is 7.89. The number of carbonyl (C=O) groups excluding carboxylic acids is 2. The summed E-state index contributed by atoms with van der Waals surface area (Å²) in [7, 11) is -2.67. The van der Waals surface area contributed by atoms with Crippen LogP contribution >= 0.6 is 0 Å². The number of Topliss-reactive ketones (excluding diaryl/α,β-unsaturated/α-hetero) is 1. The Morgan fingerprint density at radius 2 is 1.74 bits per heavy atom. The average molecular weight is 391 g/mol. The molecule has 0 radical (unpaired) electrons. The van der Waals surface area contributed by atoms with E-state index in [9.17, 15) is 18.0 Å². The van der Waals surface area contributed by atoms with Crippen molar-refractivity contribution >= 4 is 21.8 Å². The molecule has 0 bridgehead atoms. The Morgan fingerprint density at radius 3 is 2.30 bits per heavy atom. The van der Waals surface area contributed by atoms with Crippen molar-refractivity contribution in [3.63, 3.8) is 0 Å². The molecule has 2 aromatic rings. The summed E-state index contributed by atoms with van der Waals surface area (Å²) >= 11 is 0. The molecule has 0 saturated heterocycles. The molecule has 0 aromatic heterocycles. The number of ether oxygens (including phenoxy) is 2. The molecule has 0 heterocycles. The summed E-state index contributed by atoms with van der Waals surface area (Å²) in [5.74, 6) is -1.13. The van der Waals surface area contributed by atoms with Crippen LogP contribution in [0.1, 0.15) is 39.6 Å². The summed E-state index contributed by atoms with van der Waals surface area (Å²) in [5, 5.41) is 5.07. The predicted molar refractivity (Wildman–Crippen MR) is 99.4 cm³/mol. The standard InChI is InChI=1S/C19H21NO6S/c1-3-4-13-5-7-14(8-6-13)17(21)12-26-19(22)16-11-15(27(20,23)24)9-10-18(16)25-2/h5-11H,3-4,12H2,1-2H3,(H2,20,23,24). The zero-order valence-electron chi connectivity index (χ0n) is 15.1. The summed E-state index contributed by atoms with van der Waals surface area (Å²) in [6.45, 7) is 1.59. The van der Waals surface area contributed by atoms with Crippen LogP contribution in [0.3, 0.4) is 0 Å². The van der Waals surface area contributed by atoms with Crippen molar-refractivity contribution in [3.05, 3.63) is 59.2 Å². The number of esters is 1. The fourth-order valence-corrected chi connectivity index (χ4v) is 3.00. The van der Waals surface area contributed by atoms with E-state index >= 15 is 0 Å². The Morgan fingerprint density at radius 1 is 1.07 bits per heavy atom. The first-order valence-electron chi connectivity index (χ1n) is 8.26. The molecule has 2 aromatic carbocycles. The summed E-state index contributed by atoms with van der Waals surface area (Å²) in [5.41, 5.74) is 1.42. The molecule has 0 amide bonds. The maximum absolute atomic E-state index is 12.3. The molecule has 2 rings (SSSR count). The third kappa shape index (κ3) is 5.38. The van der Waals surface area contributed by atoms with E-state index in [-0.39, 0.29) is 22.0 Å². The van der Waals surface area contributed by atoms with Crippen LogP contribution in [-0.2, 0) is 21.2 Å². The van der Waals surface area contributed by atoms with E-state index in [1.807, 2.05) is 12.1 Å². The molecule has 0 unspecified atom stereocenters. The first-order valence-corrected chi connectivity index (χ1v) is 9.81. The number of nitrogens with two attached hydrogens (primary N) is 1. The number of hydrogen-bond acceptors (Lipinski definition) is 6. The van der Waals surface area contributed by atoms with Gasteiger partial charge in [0, 0.05) is 5.56 Å². The van der Waals surface area contributed by atoms with Crippen LogP contribution in [0.25, 0.3) is 0 Å². The van der Waals surface area contributed by atoms with Crippen LogP contribution in [0.5, 0.6) is 5.75 Å². The van der Waals surface area contributed by atoms with Crippen molar-refractivity contribution in [2.24, 2.45) is 5.14 Å². The van der Waals surface area contributed by atoms with E-state index in [2.05, 4.69) is 6.92 Å². The van der Waals surface area contributed by atoms with Gasteiger partial charge in [-0.1, -0.05) is 37.6 Å². The van der Waals surface area contributed by atoms with E-state index in [0.717, 1.165) is 24.5 Å². The van der Waals surface area contributed by atoms with Crippen LogP contribution in [0.15, 0.2) is 47.4 Å². The summed E-state index contributed by atoms with van der Waals surface area (Å²) in [6.07, 6.45) is 1.92. The normalized spacial score (nSPS) is 11.1. The molecule has 0 spiro atoms. The van der Waals surface area contributed by atoms with Gasteiger partial charge in [-0.15, -0.1) is 0 Å². The summed E-state index contributed by atoms with van der Waals surface area (Å²) in [6, 6.07) is 10.7. The zero-order chi connectivity index (χ0) is 20.0. The second-order valence-corrected chi connectivity index (χ2v) is 7.41. The van der Waals surface area contributed by atoms with Crippen molar-refractivity contribution in [2.75, 3.05) is 13.7 Å². The molecule has 27 heavy (non-hydrogen) atoms. The fraction of sp³-hybridized carbons (Fsp3) is 0.263. The lowest BCUT2D eigenvalue weighted by molar-refractivity contribution is 0.0471. The largest absolute Gasteiger partial charge is 0.496 e. The molecule has 144 valence electrons. The number of benzene rings is 2. The molecule has 0 fully saturated rings. The highest BCUT2D eigenvalue weighted by atomic mass is 32.2. The minimum absolute atomic E-state index is 0.115. The SMILES string of the molecule is CCCc1ccc(C(=O)COC(=O)c2cc(S(N)(=O)=O)ccc2OC)cc1. The number of aryl methyl sites for hydroxylation is 1. The van der Waals surface area contributed by atoms with Crippen molar-refractivity contribution < 1.29 is 27.5 Å². The van der Waals surface area contributed by atoms with Crippen LogP contribution in [0.2, 0.25) is 0 Å². The lowest BCUT2D eigenvalue weighted by Crippen LogP contribution is -2.17. The number of hydrogen-bond donors (Lipinski definition) is 1. The molecular weight excluding hydrogens is 370 g/mol. The van der Waals surface area contributed by atoms with Crippen LogP contribution in [0, 0.1) is 0 Å². The maximum atomic E-state index is 12.3. The van der Waals surface area contributed by atoms with Gasteiger partial charge in [0.05, 0.1) is 12.0 Å². The molecular formula is C19H21NO6S. The van der Waals surface area contributed by atoms with Crippen LogP contribution in [-0.4, -0.2) is 33.9 Å².